The molecule has 1 unspecified atom stereocenters. The molecule has 2 heterocycles. The molecule has 1 aromatic heterocycles. The number of benzene rings is 1. The van der Waals surface area contributed by atoms with Gasteiger partial charge in [0, 0.05) is 10.4 Å². The summed E-state index contributed by atoms with van der Waals surface area (Å²) in [5.74, 6) is -1.97. The van der Waals surface area contributed by atoms with Gasteiger partial charge in [-0.05, 0) is 60.4 Å². The normalized spacial score (nSPS) is 22.5. The first-order valence-electron chi connectivity index (χ1n) is 9.15. The maximum Gasteiger partial charge on any atom is 0.273 e. The van der Waals surface area contributed by atoms with Crippen LogP contribution in [0.5, 0.6) is 0 Å². The largest absolute Gasteiger partial charge is 0.383 e. The molecule has 28 heavy (non-hydrogen) atoms. The molecule has 2 aromatic rings. The molecule has 1 aliphatic carbocycles. The number of hydrogen-bond acceptors (Lipinski definition) is 5. The molecular formula is C20H20F2N2O2S2. The van der Waals surface area contributed by atoms with E-state index >= 15 is 0 Å². The summed E-state index contributed by atoms with van der Waals surface area (Å²) in [6.45, 7) is 3.51. The minimum atomic E-state index is -1.22. The minimum absolute atomic E-state index is 0.0300. The highest BCUT2D eigenvalue weighted by Crippen LogP contribution is 2.55. The quantitative estimate of drug-likeness (QED) is 0.794. The molecule has 0 saturated carbocycles. The average Bonchev–Trinajstić information content (AvgIpc) is 3.29. The first-order valence-corrected chi connectivity index (χ1v) is 10.8. The van der Waals surface area contributed by atoms with E-state index in [2.05, 4.69) is 5.10 Å². The van der Waals surface area contributed by atoms with Crippen molar-refractivity contribution in [2.45, 2.75) is 44.1 Å². The van der Waals surface area contributed by atoms with E-state index in [-0.39, 0.29) is 16.5 Å². The van der Waals surface area contributed by atoms with E-state index in [4.69, 9.17) is 0 Å². The number of thioether (sulfide) groups is 1. The molecule has 1 spiro atoms. The lowest BCUT2D eigenvalue weighted by atomic mass is 9.93. The summed E-state index contributed by atoms with van der Waals surface area (Å²) in [5.41, 5.74) is 1.17. The fourth-order valence-electron chi connectivity index (χ4n) is 3.61. The molecule has 4 nitrogen and oxygen atoms in total. The van der Waals surface area contributed by atoms with Gasteiger partial charge in [-0.25, -0.2) is 13.8 Å². The zero-order chi connectivity index (χ0) is 20.1. The summed E-state index contributed by atoms with van der Waals surface area (Å²) >= 11 is 2.80. The molecule has 4 rings (SSSR count). The SMILES string of the molecule is CC(C)[C@H](O)C(=O)N1N=C(c2cc(F)ccc2F)SC12CCCc1ccsc12. The lowest BCUT2D eigenvalue weighted by Gasteiger charge is -2.39. The fraction of sp³-hybridized carbons (Fsp3) is 0.400. The Bertz CT molecular complexity index is 959. The van der Waals surface area contributed by atoms with E-state index in [9.17, 15) is 18.7 Å². The number of rotatable bonds is 3. The van der Waals surface area contributed by atoms with Crippen LogP contribution in [-0.2, 0) is 16.1 Å². The molecule has 1 aromatic carbocycles. The van der Waals surface area contributed by atoms with Crippen LogP contribution >= 0.6 is 23.1 Å². The van der Waals surface area contributed by atoms with Crippen molar-refractivity contribution in [2.75, 3.05) is 0 Å². The van der Waals surface area contributed by atoms with Crippen LogP contribution in [0.25, 0.3) is 0 Å². The Morgan fingerprint density at radius 2 is 2.11 bits per heavy atom. The molecule has 1 aliphatic heterocycles. The Labute approximate surface area is 170 Å². The Hall–Kier alpha value is -1.77. The van der Waals surface area contributed by atoms with Crippen molar-refractivity contribution in [1.29, 1.82) is 0 Å². The molecule has 148 valence electrons. The number of aliphatic hydroxyl groups excluding tert-OH is 1. The van der Waals surface area contributed by atoms with Crippen molar-refractivity contribution in [1.82, 2.24) is 5.01 Å². The van der Waals surface area contributed by atoms with E-state index < -0.39 is 28.5 Å². The fourth-order valence-corrected chi connectivity index (χ4v) is 6.34. The van der Waals surface area contributed by atoms with Gasteiger partial charge >= 0.3 is 0 Å². The van der Waals surface area contributed by atoms with E-state index in [0.29, 0.717) is 6.42 Å². The molecule has 0 fully saturated rings. The number of aliphatic hydroxyl groups is 1. The third-order valence-electron chi connectivity index (χ3n) is 5.11. The second kappa shape index (κ2) is 7.24. The van der Waals surface area contributed by atoms with Crippen LogP contribution in [0.15, 0.2) is 34.7 Å². The van der Waals surface area contributed by atoms with Crippen LogP contribution in [0.1, 0.15) is 42.7 Å². The number of nitrogens with zero attached hydrogens (tertiary/aromatic N) is 2. The highest BCUT2D eigenvalue weighted by atomic mass is 32.2. The van der Waals surface area contributed by atoms with Crippen LogP contribution in [-0.4, -0.2) is 27.2 Å². The molecule has 8 heteroatoms. The van der Waals surface area contributed by atoms with E-state index in [1.807, 2.05) is 11.4 Å². The minimum Gasteiger partial charge on any atom is -0.383 e. The molecule has 1 amide bonds. The molecule has 2 aliphatic rings. The molecule has 0 saturated heterocycles. The Morgan fingerprint density at radius 3 is 2.86 bits per heavy atom. The van der Waals surface area contributed by atoms with Gasteiger partial charge < -0.3 is 5.11 Å². The van der Waals surface area contributed by atoms with Crippen LogP contribution in [0.4, 0.5) is 8.78 Å². The number of hydrazone groups is 1. The van der Waals surface area contributed by atoms with Crippen molar-refractivity contribution in [2.24, 2.45) is 11.0 Å². The Morgan fingerprint density at radius 1 is 1.32 bits per heavy atom. The number of amides is 1. The molecular weight excluding hydrogens is 402 g/mol. The van der Waals surface area contributed by atoms with Gasteiger partial charge in [0.1, 0.15) is 22.8 Å². The second-order valence-electron chi connectivity index (χ2n) is 7.38. The topological polar surface area (TPSA) is 52.9 Å². The number of halogens is 2. The van der Waals surface area contributed by atoms with E-state index in [1.54, 1.807) is 13.8 Å². The van der Waals surface area contributed by atoms with Gasteiger partial charge in [-0.3, -0.25) is 4.79 Å². The van der Waals surface area contributed by atoms with Crippen molar-refractivity contribution >= 4 is 34.0 Å². The van der Waals surface area contributed by atoms with Crippen molar-refractivity contribution < 1.29 is 18.7 Å². The van der Waals surface area contributed by atoms with Crippen molar-refractivity contribution in [3.63, 3.8) is 0 Å². The summed E-state index contributed by atoms with van der Waals surface area (Å²) in [5, 5.41) is 18.4. The van der Waals surface area contributed by atoms with Crippen LogP contribution in [0, 0.1) is 17.6 Å². The number of carbonyl (C=O) groups excluding carboxylic acids is 1. The van der Waals surface area contributed by atoms with Gasteiger partial charge in [-0.1, -0.05) is 25.6 Å². The predicted octanol–water partition coefficient (Wildman–Crippen LogP) is 4.47. The zero-order valence-electron chi connectivity index (χ0n) is 15.5. The summed E-state index contributed by atoms with van der Waals surface area (Å²) in [6.07, 6.45) is 1.15. The average molecular weight is 423 g/mol. The highest BCUT2D eigenvalue weighted by molar-refractivity contribution is 8.15. The molecule has 0 bridgehead atoms. The van der Waals surface area contributed by atoms with Crippen LogP contribution < -0.4 is 0 Å². The number of aryl methyl sites for hydroxylation is 1. The van der Waals surface area contributed by atoms with Crippen LogP contribution in [0.3, 0.4) is 0 Å². The number of thiophene rings is 1. The highest BCUT2D eigenvalue weighted by Gasteiger charge is 2.53. The second-order valence-corrected chi connectivity index (χ2v) is 9.57. The lowest BCUT2D eigenvalue weighted by Crippen LogP contribution is -2.48. The third kappa shape index (κ3) is 3.07. The van der Waals surface area contributed by atoms with E-state index in [1.165, 1.54) is 28.1 Å². The van der Waals surface area contributed by atoms with Gasteiger partial charge in [0.2, 0.25) is 0 Å². The van der Waals surface area contributed by atoms with Crippen LogP contribution in [0.2, 0.25) is 0 Å². The molecule has 0 radical (unpaired) electrons. The third-order valence-corrected chi connectivity index (χ3v) is 7.76. The zero-order valence-corrected chi connectivity index (χ0v) is 17.1. The van der Waals surface area contributed by atoms with Crippen molar-refractivity contribution in [3.8, 4) is 0 Å². The predicted molar refractivity (Wildman–Crippen MR) is 107 cm³/mol. The summed E-state index contributed by atoms with van der Waals surface area (Å²) in [6, 6.07) is 5.24. The maximum absolute atomic E-state index is 14.4. The molecule has 2 atom stereocenters. The van der Waals surface area contributed by atoms with Crippen molar-refractivity contribution in [3.05, 3.63) is 57.3 Å². The van der Waals surface area contributed by atoms with Gasteiger partial charge in [-0.2, -0.15) is 5.10 Å². The first-order chi connectivity index (χ1) is 13.3. The smallest absolute Gasteiger partial charge is 0.273 e. The number of fused-ring (bicyclic) bond motifs is 2. The first kappa shape index (κ1) is 19.5. The maximum atomic E-state index is 14.4. The Balaban J connectivity index is 1.84. The number of hydrogen-bond donors (Lipinski definition) is 1. The summed E-state index contributed by atoms with van der Waals surface area (Å²) in [7, 11) is 0. The number of carbonyl (C=O) groups is 1. The summed E-state index contributed by atoms with van der Waals surface area (Å²) in [4.78, 5) is 13.3. The molecule has 1 N–H and O–H groups in total. The monoisotopic (exact) mass is 422 g/mol. The standard InChI is InChI=1S/C20H20F2N2O2S2/c1-11(2)16(25)19(26)24-20(8-3-4-12-7-9-27-17(12)20)28-18(23-24)14-10-13(21)5-6-15(14)22/h5-7,9-11,16,25H,3-4,8H2,1-2H3/t16-,20?/m0/s1. The Kier molecular flexibility index (Phi) is 5.05. The van der Waals surface area contributed by atoms with Gasteiger partial charge in [0.25, 0.3) is 5.91 Å². The summed E-state index contributed by atoms with van der Waals surface area (Å²) < 4.78 is 28.2. The van der Waals surface area contributed by atoms with Gasteiger partial charge in [-0.15, -0.1) is 11.3 Å². The van der Waals surface area contributed by atoms with Gasteiger partial charge in [0.15, 0.2) is 4.87 Å². The lowest BCUT2D eigenvalue weighted by molar-refractivity contribution is -0.146. The van der Waals surface area contributed by atoms with E-state index in [0.717, 1.165) is 41.5 Å². The van der Waals surface area contributed by atoms with Gasteiger partial charge in [0.05, 0.1) is 0 Å².